The smallest absolute Gasteiger partial charge is 0.275 e. The minimum Gasteiger partial charge on any atom is -0.507 e. The molecule has 0 fully saturated rings. The van der Waals surface area contributed by atoms with Crippen LogP contribution in [0.1, 0.15) is 42.3 Å². The van der Waals surface area contributed by atoms with E-state index in [-0.39, 0.29) is 17.1 Å². The molecular weight excluding hydrogens is 366 g/mol. The van der Waals surface area contributed by atoms with Crippen molar-refractivity contribution >= 4 is 23.2 Å². The van der Waals surface area contributed by atoms with Gasteiger partial charge in [-0.2, -0.15) is 5.10 Å². The molecule has 0 aliphatic rings. The van der Waals surface area contributed by atoms with Crippen LogP contribution in [0.5, 0.6) is 11.5 Å². The number of aromatic hydroxyl groups is 2. The third-order valence-electron chi connectivity index (χ3n) is 4.47. The summed E-state index contributed by atoms with van der Waals surface area (Å²) < 4.78 is 0. The predicted octanol–water partition coefficient (Wildman–Crippen LogP) is 2.33. The molecule has 144 valence electrons. The van der Waals surface area contributed by atoms with Crippen LogP contribution in [0.15, 0.2) is 41.5 Å². The number of benzene rings is 2. The monoisotopic (exact) mass is 390 g/mol. The summed E-state index contributed by atoms with van der Waals surface area (Å²) in [5.74, 6) is -0.473. The summed E-state index contributed by atoms with van der Waals surface area (Å²) in [6, 6.07) is 9.49. The molecule has 0 saturated carbocycles. The van der Waals surface area contributed by atoms with E-state index in [9.17, 15) is 15.0 Å². The van der Waals surface area contributed by atoms with E-state index in [2.05, 4.69) is 24.4 Å². The number of hydrogen-bond acceptors (Lipinski definition) is 4. The van der Waals surface area contributed by atoms with Crippen molar-refractivity contribution in [1.29, 1.82) is 0 Å². The lowest BCUT2D eigenvalue weighted by Crippen LogP contribution is -3.10. The van der Waals surface area contributed by atoms with Gasteiger partial charge < -0.3 is 15.1 Å². The Balaban J connectivity index is 2.18. The van der Waals surface area contributed by atoms with E-state index < -0.39 is 5.91 Å². The van der Waals surface area contributed by atoms with Gasteiger partial charge >= 0.3 is 0 Å². The number of hydrazone groups is 1. The van der Waals surface area contributed by atoms with E-state index in [1.54, 1.807) is 19.1 Å². The quantitative estimate of drug-likeness (QED) is 0.432. The molecule has 0 heterocycles. The number of amides is 1. The number of quaternary nitrogens is 1. The predicted molar refractivity (Wildman–Crippen MR) is 107 cm³/mol. The summed E-state index contributed by atoms with van der Waals surface area (Å²) in [6.07, 6.45) is 0. The summed E-state index contributed by atoms with van der Waals surface area (Å²) in [6.45, 7) is 8.61. The van der Waals surface area contributed by atoms with Crippen molar-refractivity contribution in [2.75, 3.05) is 13.1 Å². The van der Waals surface area contributed by atoms with Gasteiger partial charge in [-0.1, -0.05) is 11.6 Å². The second kappa shape index (κ2) is 9.39. The molecule has 6 nitrogen and oxygen atoms in total. The van der Waals surface area contributed by atoms with Crippen molar-refractivity contribution < 1.29 is 19.9 Å². The number of phenols is 2. The second-order valence-electron chi connectivity index (χ2n) is 6.28. The first-order valence-corrected chi connectivity index (χ1v) is 9.22. The van der Waals surface area contributed by atoms with E-state index in [1.165, 1.54) is 23.1 Å². The Morgan fingerprint density at radius 2 is 1.78 bits per heavy atom. The van der Waals surface area contributed by atoms with Crippen molar-refractivity contribution in [1.82, 2.24) is 5.43 Å². The lowest BCUT2D eigenvalue weighted by atomic mass is 10.1. The molecule has 2 rings (SSSR count). The first-order valence-electron chi connectivity index (χ1n) is 8.84. The molecule has 0 aliphatic carbocycles. The number of nitrogens with zero attached hydrogens (tertiary/aromatic N) is 1. The first kappa shape index (κ1) is 20.7. The Kier molecular flexibility index (Phi) is 7.21. The molecule has 1 amide bonds. The van der Waals surface area contributed by atoms with E-state index in [0.29, 0.717) is 17.3 Å². The Labute approximate surface area is 164 Å². The van der Waals surface area contributed by atoms with Gasteiger partial charge in [-0.15, -0.1) is 0 Å². The Morgan fingerprint density at radius 1 is 1.11 bits per heavy atom. The summed E-state index contributed by atoms with van der Waals surface area (Å²) in [7, 11) is 0. The summed E-state index contributed by atoms with van der Waals surface area (Å²) >= 11 is 5.86. The Hall–Kier alpha value is -2.57. The molecule has 4 N–H and O–H groups in total. The standard InChI is InChI=1S/C20H24ClN3O3/c1-4-24(5-2)12-15-10-14(6-8-18(15)25)13(3)22-23-20(27)17-11-16(21)7-9-19(17)26/h6-11,25-26H,4-5,12H2,1-3H3,(H,23,27)/p+1/b22-13+. The fourth-order valence-corrected chi connectivity index (χ4v) is 2.84. The molecule has 0 saturated heterocycles. The molecule has 7 heteroatoms. The second-order valence-corrected chi connectivity index (χ2v) is 6.71. The molecule has 0 spiro atoms. The van der Waals surface area contributed by atoms with Crippen LogP contribution in [0.3, 0.4) is 0 Å². The van der Waals surface area contributed by atoms with Crippen LogP contribution in [-0.4, -0.2) is 34.9 Å². The third-order valence-corrected chi connectivity index (χ3v) is 4.70. The van der Waals surface area contributed by atoms with Gasteiger partial charge in [0.1, 0.15) is 18.0 Å². The number of phenolic OH excluding ortho intramolecular Hbond substituents is 2. The number of carbonyl (C=O) groups excluding carboxylic acids is 1. The van der Waals surface area contributed by atoms with Crippen LogP contribution in [0.4, 0.5) is 0 Å². The number of halogens is 1. The van der Waals surface area contributed by atoms with Gasteiger partial charge in [0.25, 0.3) is 5.91 Å². The van der Waals surface area contributed by atoms with Crippen LogP contribution in [0.25, 0.3) is 0 Å². The van der Waals surface area contributed by atoms with Gasteiger partial charge in [-0.05, 0) is 62.7 Å². The number of hydrogen-bond donors (Lipinski definition) is 4. The zero-order chi connectivity index (χ0) is 20.0. The van der Waals surface area contributed by atoms with Crippen molar-refractivity contribution in [3.63, 3.8) is 0 Å². The molecule has 0 aromatic heterocycles. The lowest BCUT2D eigenvalue weighted by molar-refractivity contribution is -0.910. The van der Waals surface area contributed by atoms with Crippen molar-refractivity contribution in [3.05, 3.63) is 58.1 Å². The molecule has 2 aromatic rings. The highest BCUT2D eigenvalue weighted by Crippen LogP contribution is 2.21. The molecular formula is C20H25ClN3O3+. The van der Waals surface area contributed by atoms with Crippen LogP contribution in [0.2, 0.25) is 5.02 Å². The van der Waals surface area contributed by atoms with Gasteiger partial charge in [0.05, 0.1) is 24.4 Å². The van der Waals surface area contributed by atoms with Gasteiger partial charge in [-0.25, -0.2) is 5.43 Å². The number of rotatable bonds is 7. The van der Waals surface area contributed by atoms with Gasteiger partial charge in [0.2, 0.25) is 0 Å². The SMILES string of the molecule is CC[NH+](CC)Cc1cc(/C(C)=N/NC(=O)c2cc(Cl)ccc2O)ccc1O. The maximum absolute atomic E-state index is 12.2. The highest BCUT2D eigenvalue weighted by atomic mass is 35.5. The molecule has 0 radical (unpaired) electrons. The molecule has 2 aromatic carbocycles. The van der Waals surface area contributed by atoms with Gasteiger partial charge in [0.15, 0.2) is 0 Å². The Morgan fingerprint density at radius 3 is 2.44 bits per heavy atom. The minimum absolute atomic E-state index is 0.0515. The normalized spacial score (nSPS) is 11.7. The highest BCUT2D eigenvalue weighted by Gasteiger charge is 2.13. The largest absolute Gasteiger partial charge is 0.507 e. The maximum Gasteiger partial charge on any atom is 0.275 e. The number of nitrogens with one attached hydrogen (secondary N) is 2. The summed E-state index contributed by atoms with van der Waals surface area (Å²) in [5.41, 5.74) is 4.69. The number of carbonyl (C=O) groups is 1. The minimum atomic E-state index is -0.555. The van der Waals surface area contributed by atoms with E-state index in [0.717, 1.165) is 24.2 Å². The summed E-state index contributed by atoms with van der Waals surface area (Å²) in [4.78, 5) is 13.6. The zero-order valence-electron chi connectivity index (χ0n) is 15.7. The lowest BCUT2D eigenvalue weighted by Gasteiger charge is -2.16. The average molecular weight is 391 g/mol. The molecule has 27 heavy (non-hydrogen) atoms. The van der Waals surface area contributed by atoms with E-state index in [4.69, 9.17) is 11.6 Å². The van der Waals surface area contributed by atoms with Gasteiger partial charge in [-0.3, -0.25) is 4.79 Å². The molecule has 0 aliphatic heterocycles. The molecule has 0 unspecified atom stereocenters. The molecule has 0 atom stereocenters. The van der Waals surface area contributed by atoms with Crippen LogP contribution in [0, 0.1) is 0 Å². The average Bonchev–Trinajstić information content (AvgIpc) is 2.67. The first-order chi connectivity index (χ1) is 12.8. The van der Waals surface area contributed by atoms with Crippen molar-refractivity contribution in [3.8, 4) is 11.5 Å². The van der Waals surface area contributed by atoms with E-state index in [1.807, 2.05) is 6.07 Å². The zero-order valence-corrected chi connectivity index (χ0v) is 16.5. The summed E-state index contributed by atoms with van der Waals surface area (Å²) in [5, 5.41) is 24.4. The fourth-order valence-electron chi connectivity index (χ4n) is 2.67. The van der Waals surface area contributed by atoms with E-state index >= 15 is 0 Å². The topological polar surface area (TPSA) is 86.4 Å². The molecule has 0 bridgehead atoms. The van der Waals surface area contributed by atoms with Crippen LogP contribution >= 0.6 is 11.6 Å². The fraction of sp³-hybridized carbons (Fsp3) is 0.300. The maximum atomic E-state index is 12.2. The highest BCUT2D eigenvalue weighted by molar-refractivity contribution is 6.31. The van der Waals surface area contributed by atoms with Crippen LogP contribution in [-0.2, 0) is 6.54 Å². The Bertz CT molecular complexity index is 848. The van der Waals surface area contributed by atoms with Crippen LogP contribution < -0.4 is 10.3 Å². The van der Waals surface area contributed by atoms with Crippen molar-refractivity contribution in [2.24, 2.45) is 5.10 Å². The van der Waals surface area contributed by atoms with Gasteiger partial charge in [0, 0.05) is 10.6 Å². The third kappa shape index (κ3) is 5.45. The van der Waals surface area contributed by atoms with Crippen molar-refractivity contribution in [2.45, 2.75) is 27.3 Å².